The molecule has 15 nitrogen and oxygen atoms in total. The monoisotopic (exact) mass is 568 g/mol. The van der Waals surface area contributed by atoms with Gasteiger partial charge < -0.3 is 29.4 Å². The molecule has 41 heavy (non-hydrogen) atoms. The fourth-order valence-corrected chi connectivity index (χ4v) is 4.67. The third kappa shape index (κ3) is 6.48. The first-order valence-electron chi connectivity index (χ1n) is 12.8. The van der Waals surface area contributed by atoms with Crippen molar-refractivity contribution in [3.8, 4) is 5.75 Å². The number of nitrogens with two attached hydrogens (primary N) is 1. The van der Waals surface area contributed by atoms with Gasteiger partial charge in [0.05, 0.1) is 11.3 Å². The lowest BCUT2D eigenvalue weighted by Gasteiger charge is -2.24. The molecule has 0 spiro atoms. The Kier molecular flexibility index (Phi) is 7.92. The van der Waals surface area contributed by atoms with Gasteiger partial charge in [-0.3, -0.25) is 24.3 Å². The maximum Gasteiger partial charge on any atom is 0.311 e. The normalized spacial score (nSPS) is 23.1. The number of anilines is 1. The number of esters is 2. The van der Waals surface area contributed by atoms with Gasteiger partial charge in [0.2, 0.25) is 6.20 Å². The summed E-state index contributed by atoms with van der Waals surface area (Å²) in [5.41, 5.74) is 7.41. The van der Waals surface area contributed by atoms with E-state index in [1.54, 1.807) is 36.9 Å². The number of nitrogen functional groups attached to an aromatic ring is 1. The molecule has 5 rings (SSSR count). The molecule has 0 aliphatic carbocycles. The third-order valence-corrected chi connectivity index (χ3v) is 6.46. The maximum absolute atomic E-state index is 12.4. The van der Waals surface area contributed by atoms with Crippen LogP contribution in [0.25, 0.3) is 17.2 Å². The van der Waals surface area contributed by atoms with E-state index in [1.165, 1.54) is 24.5 Å². The molecule has 216 valence electrons. The summed E-state index contributed by atoms with van der Waals surface area (Å²) in [6.07, 6.45) is 2.92. The highest BCUT2D eigenvalue weighted by atomic mass is 16.8. The standard InChI is InChI=1S/C26H28N6O9/c1-26(2)40-21-17(39-25(22(21)41-26)31-14-30-20-23(27)28-13-29-24(20)31)12-37-18(33)4-3-5-19(34)38-16-8-6-15(7-9-16)10-11-32(35)36/h6-11,13-14,17,21-22,25H,3-5,12H2,1-2H3,(H2,27,28,29)/b11-10+. The molecule has 3 aromatic rings. The molecule has 2 aliphatic heterocycles. The molecule has 2 aromatic heterocycles. The molecule has 2 fully saturated rings. The van der Waals surface area contributed by atoms with Crippen LogP contribution in [0, 0.1) is 10.1 Å². The van der Waals surface area contributed by atoms with Crippen molar-refractivity contribution in [2.75, 3.05) is 12.3 Å². The van der Waals surface area contributed by atoms with Crippen molar-refractivity contribution in [3.63, 3.8) is 0 Å². The number of carbonyl (C=O) groups is 2. The van der Waals surface area contributed by atoms with Crippen molar-refractivity contribution in [3.05, 3.63) is 58.8 Å². The summed E-state index contributed by atoms with van der Waals surface area (Å²) >= 11 is 0. The molecule has 4 atom stereocenters. The van der Waals surface area contributed by atoms with Crippen molar-refractivity contribution in [1.82, 2.24) is 19.5 Å². The second-order valence-corrected chi connectivity index (χ2v) is 9.89. The van der Waals surface area contributed by atoms with E-state index in [4.69, 9.17) is 29.4 Å². The van der Waals surface area contributed by atoms with Gasteiger partial charge in [-0.1, -0.05) is 12.1 Å². The Hall–Kier alpha value is -4.47. The van der Waals surface area contributed by atoms with Crippen LogP contribution in [0.3, 0.4) is 0 Å². The van der Waals surface area contributed by atoms with Gasteiger partial charge in [-0.25, -0.2) is 15.0 Å². The number of hydrogen-bond acceptors (Lipinski definition) is 13. The van der Waals surface area contributed by atoms with Gasteiger partial charge in [0, 0.05) is 18.9 Å². The van der Waals surface area contributed by atoms with Crippen LogP contribution in [-0.2, 0) is 28.5 Å². The SMILES string of the molecule is CC1(C)OC2C(COC(=O)CCCC(=O)Oc3ccc(/C=C/[N+](=O)[O-])cc3)OC(n3cnc4c(N)ncnc43)C2O1. The number of rotatable bonds is 10. The van der Waals surface area contributed by atoms with Gasteiger partial charge in [-0.15, -0.1) is 0 Å². The van der Waals surface area contributed by atoms with Gasteiger partial charge in [-0.2, -0.15) is 0 Å². The largest absolute Gasteiger partial charge is 0.463 e. The molecule has 2 aliphatic rings. The molecule has 2 saturated heterocycles. The summed E-state index contributed by atoms with van der Waals surface area (Å²) in [6, 6.07) is 6.22. The predicted molar refractivity (Wildman–Crippen MR) is 140 cm³/mol. The van der Waals surface area contributed by atoms with E-state index in [2.05, 4.69) is 15.0 Å². The highest BCUT2D eigenvalue weighted by molar-refractivity contribution is 5.81. The van der Waals surface area contributed by atoms with Crippen LogP contribution in [0.2, 0.25) is 0 Å². The second-order valence-electron chi connectivity index (χ2n) is 9.89. The molecule has 4 unspecified atom stereocenters. The fraction of sp³-hybridized carbons (Fsp3) is 0.423. The van der Waals surface area contributed by atoms with Crippen LogP contribution >= 0.6 is 0 Å². The number of benzene rings is 1. The number of nitro groups is 1. The first kappa shape index (κ1) is 28.1. The van der Waals surface area contributed by atoms with E-state index >= 15 is 0 Å². The summed E-state index contributed by atoms with van der Waals surface area (Å²) in [4.78, 5) is 46.9. The zero-order valence-corrected chi connectivity index (χ0v) is 22.2. The number of carbonyl (C=O) groups excluding carboxylic acids is 2. The minimum absolute atomic E-state index is 0.00479. The molecule has 0 amide bonds. The Morgan fingerprint density at radius 2 is 1.85 bits per heavy atom. The van der Waals surface area contributed by atoms with E-state index < -0.39 is 47.2 Å². The van der Waals surface area contributed by atoms with E-state index in [9.17, 15) is 19.7 Å². The average molecular weight is 569 g/mol. The highest BCUT2D eigenvalue weighted by Crippen LogP contribution is 2.43. The minimum atomic E-state index is -0.879. The quantitative estimate of drug-likeness (QED) is 0.162. The number of nitrogens with zero attached hydrogens (tertiary/aromatic N) is 5. The molecular formula is C26H28N6O9. The number of aromatic nitrogens is 4. The summed E-state index contributed by atoms with van der Waals surface area (Å²) in [5, 5.41) is 10.4. The Bertz CT molecular complexity index is 1470. The van der Waals surface area contributed by atoms with E-state index in [0.29, 0.717) is 22.5 Å². The minimum Gasteiger partial charge on any atom is -0.463 e. The number of ether oxygens (including phenoxy) is 5. The topological polar surface area (TPSA) is 193 Å². The lowest BCUT2D eigenvalue weighted by Crippen LogP contribution is -2.33. The van der Waals surface area contributed by atoms with Gasteiger partial charge in [0.25, 0.3) is 0 Å². The number of fused-ring (bicyclic) bond motifs is 2. The predicted octanol–water partition coefficient (Wildman–Crippen LogP) is 2.39. The second kappa shape index (κ2) is 11.6. The van der Waals surface area contributed by atoms with Gasteiger partial charge in [-0.05, 0) is 38.0 Å². The Balaban J connectivity index is 1.11. The van der Waals surface area contributed by atoms with Crippen LogP contribution < -0.4 is 10.5 Å². The molecular weight excluding hydrogens is 540 g/mol. The van der Waals surface area contributed by atoms with Crippen molar-refractivity contribution in [2.45, 2.75) is 63.4 Å². The van der Waals surface area contributed by atoms with Crippen LogP contribution in [0.1, 0.15) is 44.9 Å². The van der Waals surface area contributed by atoms with Gasteiger partial charge in [0.15, 0.2) is 23.5 Å². The summed E-state index contributed by atoms with van der Waals surface area (Å²) in [5.74, 6) is -1.37. The zero-order chi connectivity index (χ0) is 29.1. The van der Waals surface area contributed by atoms with Crippen molar-refractivity contribution in [2.24, 2.45) is 0 Å². The van der Waals surface area contributed by atoms with Crippen molar-refractivity contribution >= 4 is 35.0 Å². The van der Waals surface area contributed by atoms with Gasteiger partial charge >= 0.3 is 11.9 Å². The molecule has 0 radical (unpaired) electrons. The maximum atomic E-state index is 12.4. The fourth-order valence-electron chi connectivity index (χ4n) is 4.67. The van der Waals surface area contributed by atoms with Crippen LogP contribution in [0.15, 0.2) is 43.1 Å². The van der Waals surface area contributed by atoms with Crippen molar-refractivity contribution in [1.29, 1.82) is 0 Å². The molecule has 0 saturated carbocycles. The van der Waals surface area contributed by atoms with E-state index in [1.807, 2.05) is 0 Å². The zero-order valence-electron chi connectivity index (χ0n) is 22.2. The number of hydrogen-bond donors (Lipinski definition) is 1. The molecule has 0 bridgehead atoms. The third-order valence-electron chi connectivity index (χ3n) is 6.46. The molecule has 15 heteroatoms. The first-order chi connectivity index (χ1) is 19.6. The Morgan fingerprint density at radius 1 is 1.12 bits per heavy atom. The highest BCUT2D eigenvalue weighted by Gasteiger charge is 2.56. The number of imidazole rings is 1. The van der Waals surface area contributed by atoms with E-state index in [0.717, 1.165) is 6.20 Å². The van der Waals surface area contributed by atoms with Crippen LogP contribution in [-0.4, -0.2) is 67.1 Å². The van der Waals surface area contributed by atoms with Crippen LogP contribution in [0.4, 0.5) is 5.82 Å². The molecule has 4 heterocycles. The first-order valence-corrected chi connectivity index (χ1v) is 12.8. The lowest BCUT2D eigenvalue weighted by molar-refractivity contribution is -0.400. The molecule has 2 N–H and O–H groups in total. The average Bonchev–Trinajstić information content (AvgIpc) is 3.58. The summed E-state index contributed by atoms with van der Waals surface area (Å²) in [7, 11) is 0. The Morgan fingerprint density at radius 3 is 2.61 bits per heavy atom. The summed E-state index contributed by atoms with van der Waals surface area (Å²) in [6.45, 7) is 3.50. The van der Waals surface area contributed by atoms with Crippen molar-refractivity contribution < 1.29 is 38.2 Å². The van der Waals surface area contributed by atoms with E-state index in [-0.39, 0.29) is 31.7 Å². The summed E-state index contributed by atoms with van der Waals surface area (Å²) < 4.78 is 30.7. The smallest absolute Gasteiger partial charge is 0.311 e. The van der Waals surface area contributed by atoms with Gasteiger partial charge in [0.1, 0.15) is 42.5 Å². The molecule has 1 aromatic carbocycles. The lowest BCUT2D eigenvalue weighted by atomic mass is 10.1. The Labute approximate surface area is 233 Å². The van der Waals surface area contributed by atoms with Crippen LogP contribution in [0.5, 0.6) is 5.75 Å².